The van der Waals surface area contributed by atoms with E-state index in [1.807, 2.05) is 0 Å². The van der Waals surface area contributed by atoms with Crippen LogP contribution in [0.2, 0.25) is 0 Å². The molecule has 0 heterocycles. The molecule has 0 saturated carbocycles. The highest BCUT2D eigenvalue weighted by Crippen LogP contribution is 2.20. The second kappa shape index (κ2) is 4.28. The predicted octanol–water partition coefficient (Wildman–Crippen LogP) is 3.20. The maximum absolute atomic E-state index is 5.60. The first kappa shape index (κ1) is 9.94. The molecule has 1 heteroatoms. The first-order valence-corrected chi connectivity index (χ1v) is 5.16. The summed E-state index contributed by atoms with van der Waals surface area (Å²) < 4.78 is 0. The first-order valence-electron chi connectivity index (χ1n) is 5.16. The summed E-state index contributed by atoms with van der Waals surface area (Å²) in [6, 6.07) is 14.7. The van der Waals surface area contributed by atoms with E-state index in [1.54, 1.807) is 0 Å². The van der Waals surface area contributed by atoms with Gasteiger partial charge in [-0.2, -0.15) is 0 Å². The quantitative estimate of drug-likeness (QED) is 0.786. The molecule has 0 radical (unpaired) electrons. The Kier molecular flexibility index (Phi) is 2.84. The zero-order chi connectivity index (χ0) is 10.7. The van der Waals surface area contributed by atoms with E-state index in [0.29, 0.717) is 6.54 Å². The van der Waals surface area contributed by atoms with Crippen LogP contribution in [0.5, 0.6) is 0 Å². The van der Waals surface area contributed by atoms with E-state index in [-0.39, 0.29) is 0 Å². The molecule has 0 spiro atoms. The average Bonchev–Trinajstić information content (AvgIpc) is 2.29. The van der Waals surface area contributed by atoms with Gasteiger partial charge in [0.1, 0.15) is 0 Å². The van der Waals surface area contributed by atoms with Gasteiger partial charge in [-0.15, -0.1) is 0 Å². The van der Waals surface area contributed by atoms with Crippen LogP contribution >= 0.6 is 0 Å². The minimum Gasteiger partial charge on any atom is -0.327 e. The van der Waals surface area contributed by atoms with E-state index < -0.39 is 0 Å². The fourth-order valence-electron chi connectivity index (χ4n) is 1.70. The molecule has 0 aliphatic rings. The Morgan fingerprint density at radius 3 is 2.67 bits per heavy atom. The third-order valence-corrected chi connectivity index (χ3v) is 2.55. The third kappa shape index (κ3) is 2.08. The summed E-state index contributed by atoms with van der Waals surface area (Å²) in [6.07, 6.45) is 2.16. The summed E-state index contributed by atoms with van der Waals surface area (Å²) >= 11 is 0. The minimum atomic E-state index is 0.614. The summed E-state index contributed by atoms with van der Waals surface area (Å²) in [6.45, 7) is 2.67. The third-order valence-electron chi connectivity index (χ3n) is 2.55. The Hall–Kier alpha value is -1.60. The van der Waals surface area contributed by atoms with Crippen molar-refractivity contribution in [2.45, 2.75) is 6.92 Å². The van der Waals surface area contributed by atoms with Gasteiger partial charge in [0.15, 0.2) is 0 Å². The Morgan fingerprint density at radius 2 is 1.87 bits per heavy atom. The van der Waals surface area contributed by atoms with Gasteiger partial charge in [-0.05, 0) is 23.3 Å². The number of nitrogens with two attached hydrogens (primary N) is 1. The molecule has 0 aliphatic heterocycles. The van der Waals surface area contributed by atoms with Gasteiger partial charge in [0, 0.05) is 6.54 Å². The van der Waals surface area contributed by atoms with Crippen LogP contribution in [0.3, 0.4) is 0 Å². The SMILES string of the molecule is CC(=Cc1cccc2ccccc12)CN. The van der Waals surface area contributed by atoms with Crippen LogP contribution in [0.15, 0.2) is 48.0 Å². The Morgan fingerprint density at radius 1 is 1.13 bits per heavy atom. The standard InChI is InChI=1S/C14H15N/c1-11(10-15)9-13-7-4-6-12-5-2-3-8-14(12)13/h2-9H,10,15H2,1H3. The fourth-order valence-corrected chi connectivity index (χ4v) is 1.70. The summed E-state index contributed by atoms with van der Waals surface area (Å²) in [4.78, 5) is 0. The van der Waals surface area contributed by atoms with Gasteiger partial charge in [-0.1, -0.05) is 54.1 Å². The zero-order valence-corrected chi connectivity index (χ0v) is 8.90. The molecule has 0 amide bonds. The zero-order valence-electron chi connectivity index (χ0n) is 8.90. The number of rotatable bonds is 2. The number of benzene rings is 2. The smallest absolute Gasteiger partial charge is 0.0137 e. The van der Waals surface area contributed by atoms with Crippen LogP contribution < -0.4 is 5.73 Å². The Bertz CT molecular complexity index is 492. The number of hydrogen-bond donors (Lipinski definition) is 1. The molecule has 2 rings (SSSR count). The molecular formula is C14H15N. The highest BCUT2D eigenvalue weighted by atomic mass is 14.5. The normalized spacial score (nSPS) is 12.0. The lowest BCUT2D eigenvalue weighted by Gasteiger charge is -2.03. The van der Waals surface area contributed by atoms with E-state index in [0.717, 1.165) is 0 Å². The summed E-state index contributed by atoms with van der Waals surface area (Å²) in [5, 5.41) is 2.56. The monoisotopic (exact) mass is 197 g/mol. The van der Waals surface area contributed by atoms with Crippen molar-refractivity contribution in [1.29, 1.82) is 0 Å². The van der Waals surface area contributed by atoms with Crippen LogP contribution in [0.1, 0.15) is 12.5 Å². The van der Waals surface area contributed by atoms with E-state index in [4.69, 9.17) is 5.73 Å². The van der Waals surface area contributed by atoms with Crippen molar-refractivity contribution in [3.8, 4) is 0 Å². The minimum absolute atomic E-state index is 0.614. The second-order valence-corrected chi connectivity index (χ2v) is 3.76. The largest absolute Gasteiger partial charge is 0.327 e. The van der Waals surface area contributed by atoms with E-state index >= 15 is 0 Å². The van der Waals surface area contributed by atoms with Gasteiger partial charge in [-0.25, -0.2) is 0 Å². The molecule has 0 bridgehead atoms. The molecule has 0 unspecified atom stereocenters. The lowest BCUT2D eigenvalue weighted by molar-refractivity contribution is 1.15. The van der Waals surface area contributed by atoms with Gasteiger partial charge in [0.25, 0.3) is 0 Å². The molecular weight excluding hydrogens is 182 g/mol. The van der Waals surface area contributed by atoms with Gasteiger partial charge < -0.3 is 5.73 Å². The lowest BCUT2D eigenvalue weighted by Crippen LogP contribution is -1.99. The van der Waals surface area contributed by atoms with Crippen molar-refractivity contribution in [2.75, 3.05) is 6.54 Å². The fraction of sp³-hybridized carbons (Fsp3) is 0.143. The summed E-state index contributed by atoms with van der Waals surface area (Å²) in [5.41, 5.74) is 8.04. The van der Waals surface area contributed by atoms with Crippen LogP contribution in [0.4, 0.5) is 0 Å². The van der Waals surface area contributed by atoms with Crippen molar-refractivity contribution in [2.24, 2.45) is 5.73 Å². The molecule has 0 fully saturated rings. The highest BCUT2D eigenvalue weighted by molar-refractivity contribution is 5.90. The van der Waals surface area contributed by atoms with Crippen molar-refractivity contribution in [3.63, 3.8) is 0 Å². The maximum atomic E-state index is 5.60. The maximum Gasteiger partial charge on any atom is 0.0137 e. The Labute approximate surface area is 90.2 Å². The molecule has 76 valence electrons. The molecule has 2 aromatic carbocycles. The van der Waals surface area contributed by atoms with E-state index in [2.05, 4.69) is 55.5 Å². The Balaban J connectivity index is 2.61. The van der Waals surface area contributed by atoms with E-state index in [1.165, 1.54) is 21.9 Å². The molecule has 1 nitrogen and oxygen atoms in total. The molecule has 2 N–H and O–H groups in total. The molecule has 2 aromatic rings. The van der Waals surface area contributed by atoms with Crippen molar-refractivity contribution in [1.82, 2.24) is 0 Å². The van der Waals surface area contributed by atoms with Crippen LogP contribution in [0.25, 0.3) is 16.8 Å². The molecule has 15 heavy (non-hydrogen) atoms. The predicted molar refractivity (Wildman–Crippen MR) is 66.7 cm³/mol. The first-order chi connectivity index (χ1) is 7.31. The van der Waals surface area contributed by atoms with Crippen molar-refractivity contribution in [3.05, 3.63) is 53.6 Å². The van der Waals surface area contributed by atoms with E-state index in [9.17, 15) is 0 Å². The molecule has 0 atom stereocenters. The van der Waals surface area contributed by atoms with Crippen LogP contribution in [-0.2, 0) is 0 Å². The summed E-state index contributed by atoms with van der Waals surface area (Å²) in [7, 11) is 0. The topological polar surface area (TPSA) is 26.0 Å². The number of hydrogen-bond acceptors (Lipinski definition) is 1. The van der Waals surface area contributed by atoms with Gasteiger partial charge in [0.2, 0.25) is 0 Å². The number of fused-ring (bicyclic) bond motifs is 1. The molecule has 0 aromatic heterocycles. The average molecular weight is 197 g/mol. The van der Waals surface area contributed by atoms with Gasteiger partial charge >= 0.3 is 0 Å². The molecule has 0 saturated heterocycles. The van der Waals surface area contributed by atoms with Crippen molar-refractivity contribution < 1.29 is 0 Å². The highest BCUT2D eigenvalue weighted by Gasteiger charge is 1.96. The van der Waals surface area contributed by atoms with Crippen LogP contribution in [-0.4, -0.2) is 6.54 Å². The van der Waals surface area contributed by atoms with Crippen LogP contribution in [0, 0.1) is 0 Å². The van der Waals surface area contributed by atoms with Gasteiger partial charge in [0.05, 0.1) is 0 Å². The summed E-state index contributed by atoms with van der Waals surface area (Å²) in [5.74, 6) is 0. The second-order valence-electron chi connectivity index (χ2n) is 3.76. The van der Waals surface area contributed by atoms with Gasteiger partial charge in [-0.3, -0.25) is 0 Å². The molecule has 0 aliphatic carbocycles. The van der Waals surface area contributed by atoms with Crippen molar-refractivity contribution >= 4 is 16.8 Å². The lowest BCUT2D eigenvalue weighted by atomic mass is 10.0.